The maximum atomic E-state index is 11.4. The van der Waals surface area contributed by atoms with E-state index < -0.39 is 0 Å². The lowest BCUT2D eigenvalue weighted by Gasteiger charge is -2.64. The second kappa shape index (κ2) is 8.64. The Morgan fingerprint density at radius 1 is 0.867 bits per heavy atom. The second-order valence-electron chi connectivity index (χ2n) is 12.8. The van der Waals surface area contributed by atoms with Gasteiger partial charge in [0.05, 0.1) is 12.2 Å². The van der Waals surface area contributed by atoms with Gasteiger partial charge >= 0.3 is 0 Å². The van der Waals surface area contributed by atoms with Gasteiger partial charge in [-0.1, -0.05) is 69.8 Å². The third kappa shape index (κ3) is 3.75. The van der Waals surface area contributed by atoms with E-state index >= 15 is 0 Å². The van der Waals surface area contributed by atoms with Crippen LogP contribution in [0.1, 0.15) is 98.8 Å². The van der Waals surface area contributed by atoms with Crippen molar-refractivity contribution in [2.24, 2.45) is 52.3 Å². The molecule has 174 valence electrons. The van der Waals surface area contributed by atoms with Crippen molar-refractivity contribution in [2.45, 2.75) is 116 Å². The summed E-state index contributed by atoms with van der Waals surface area (Å²) in [7, 11) is 0. The van der Waals surface area contributed by atoms with Gasteiger partial charge in [-0.25, -0.2) is 0 Å². The van der Waals surface area contributed by atoms with Gasteiger partial charge in [-0.2, -0.15) is 0 Å². The highest BCUT2D eigenvalue weighted by Crippen LogP contribution is 2.69. The van der Waals surface area contributed by atoms with E-state index in [1.54, 1.807) is 0 Å². The van der Waals surface area contributed by atoms with E-state index in [2.05, 4.69) is 50.5 Å². The fourth-order valence-electron chi connectivity index (χ4n) is 9.22. The predicted molar refractivity (Wildman–Crippen MR) is 129 cm³/mol. The van der Waals surface area contributed by atoms with Crippen LogP contribution >= 0.6 is 15.9 Å². The summed E-state index contributed by atoms with van der Waals surface area (Å²) in [4.78, 5) is 0.200. The first-order chi connectivity index (χ1) is 14.1. The van der Waals surface area contributed by atoms with Crippen LogP contribution < -0.4 is 0 Å². The van der Waals surface area contributed by atoms with Gasteiger partial charge < -0.3 is 10.2 Å². The molecule has 3 heteroatoms. The molecule has 2 N–H and O–H groups in total. The Hall–Kier alpha value is 0.400. The monoisotopic (exact) mass is 482 g/mol. The molecule has 30 heavy (non-hydrogen) atoms. The lowest BCUT2D eigenvalue weighted by molar-refractivity contribution is -0.167. The SMILES string of the molecule is CC(C)CCC[C@@H](C)[C@H]1CC[C@H]2[C@@H]3[C@H](Br)[C@H](O)C4C[C@@H](O)CC[C@]4(C)[C@H]3CC[C@]12C. The number of alkyl halides is 1. The molecule has 1 unspecified atom stereocenters. The Bertz CT molecular complexity index is 608. The number of hydrogen-bond acceptors (Lipinski definition) is 2. The first-order valence-electron chi connectivity index (χ1n) is 13.1. The lowest BCUT2D eigenvalue weighted by Crippen LogP contribution is -2.62. The van der Waals surface area contributed by atoms with Gasteiger partial charge in [0, 0.05) is 4.83 Å². The molecule has 2 nitrogen and oxygen atoms in total. The third-order valence-corrected chi connectivity index (χ3v) is 12.0. The fraction of sp³-hybridized carbons (Fsp3) is 1.00. The molecule has 4 rings (SSSR count). The van der Waals surface area contributed by atoms with Crippen molar-refractivity contribution >= 4 is 15.9 Å². The predicted octanol–water partition coefficient (Wildman–Crippen LogP) is 6.81. The van der Waals surface area contributed by atoms with Crippen LogP contribution in [0.3, 0.4) is 0 Å². The van der Waals surface area contributed by atoms with Crippen molar-refractivity contribution < 1.29 is 10.2 Å². The number of aliphatic hydroxyl groups excluding tert-OH is 2. The summed E-state index contributed by atoms with van der Waals surface area (Å²) in [6.07, 6.45) is 11.9. The zero-order chi connectivity index (χ0) is 21.8. The normalized spacial score (nSPS) is 51.9. The van der Waals surface area contributed by atoms with E-state index in [9.17, 15) is 10.2 Å². The van der Waals surface area contributed by atoms with E-state index in [4.69, 9.17) is 0 Å². The first kappa shape index (κ1) is 23.6. The molecule has 0 saturated heterocycles. The smallest absolute Gasteiger partial charge is 0.0702 e. The van der Waals surface area contributed by atoms with Crippen LogP contribution in [0.15, 0.2) is 0 Å². The van der Waals surface area contributed by atoms with Gasteiger partial charge in [-0.3, -0.25) is 0 Å². The molecule has 0 spiro atoms. The molecule has 0 radical (unpaired) electrons. The number of aliphatic hydroxyl groups is 2. The molecule has 0 aromatic carbocycles. The second-order valence-corrected chi connectivity index (χ2v) is 13.9. The maximum absolute atomic E-state index is 11.4. The average Bonchev–Trinajstić information content (AvgIpc) is 3.04. The third-order valence-electron chi connectivity index (χ3n) is 10.9. The summed E-state index contributed by atoms with van der Waals surface area (Å²) in [5.74, 6) is 4.80. The van der Waals surface area contributed by atoms with Crippen LogP contribution in [-0.4, -0.2) is 27.2 Å². The van der Waals surface area contributed by atoms with Crippen LogP contribution in [0, 0.1) is 52.3 Å². The Kier molecular flexibility index (Phi) is 6.78. The molecular weight excluding hydrogens is 436 g/mol. The lowest BCUT2D eigenvalue weighted by atomic mass is 9.43. The minimum Gasteiger partial charge on any atom is -0.393 e. The van der Waals surface area contributed by atoms with Crippen molar-refractivity contribution in [1.29, 1.82) is 0 Å². The summed E-state index contributed by atoms with van der Waals surface area (Å²) < 4.78 is 0. The highest BCUT2D eigenvalue weighted by molar-refractivity contribution is 9.09. The van der Waals surface area contributed by atoms with Crippen molar-refractivity contribution in [2.75, 3.05) is 0 Å². The van der Waals surface area contributed by atoms with Crippen LogP contribution in [0.25, 0.3) is 0 Å². The van der Waals surface area contributed by atoms with Crippen molar-refractivity contribution in [3.05, 3.63) is 0 Å². The van der Waals surface area contributed by atoms with E-state index in [0.717, 1.165) is 42.9 Å². The number of halogens is 1. The molecule has 4 aliphatic rings. The first-order valence-corrected chi connectivity index (χ1v) is 14.0. The minimum absolute atomic E-state index is 0.200. The van der Waals surface area contributed by atoms with Gasteiger partial charge in [-0.05, 0) is 97.2 Å². The number of hydrogen-bond donors (Lipinski definition) is 2. The van der Waals surface area contributed by atoms with E-state index in [-0.39, 0.29) is 28.4 Å². The Labute approximate surface area is 194 Å². The Morgan fingerprint density at radius 3 is 2.23 bits per heavy atom. The van der Waals surface area contributed by atoms with Crippen molar-refractivity contribution in [3.63, 3.8) is 0 Å². The minimum atomic E-state index is -0.309. The fourth-order valence-corrected chi connectivity index (χ4v) is 10.3. The van der Waals surface area contributed by atoms with Crippen LogP contribution in [-0.2, 0) is 0 Å². The highest BCUT2D eigenvalue weighted by atomic mass is 79.9. The summed E-state index contributed by atoms with van der Waals surface area (Å²) >= 11 is 4.05. The van der Waals surface area contributed by atoms with Crippen LogP contribution in [0.2, 0.25) is 0 Å². The molecule has 0 amide bonds. The van der Waals surface area contributed by atoms with Gasteiger partial charge in [0.1, 0.15) is 0 Å². The molecule has 4 fully saturated rings. The van der Waals surface area contributed by atoms with Crippen LogP contribution in [0.5, 0.6) is 0 Å². The molecular formula is C27H47BrO2. The zero-order valence-electron chi connectivity index (χ0n) is 20.1. The van der Waals surface area contributed by atoms with E-state index in [0.29, 0.717) is 17.3 Å². The standard InChI is InChI=1S/C27H47BrO2/c1-16(2)7-6-8-17(3)19-9-10-20-23-21(12-14-26(19,20)4)27(5)13-11-18(29)15-22(27)25(30)24(23)28/h16-25,29-30H,6-15H2,1-5H3/t17-,18+,19-,20+,21+,22?,23+,24+,25-,26-,27-/m1/s1. The number of fused-ring (bicyclic) bond motifs is 5. The van der Waals surface area contributed by atoms with E-state index in [1.165, 1.54) is 44.9 Å². The Morgan fingerprint density at radius 2 is 1.53 bits per heavy atom. The van der Waals surface area contributed by atoms with Gasteiger partial charge in [0.15, 0.2) is 0 Å². The summed E-state index contributed by atoms with van der Waals surface area (Å²) in [6.45, 7) is 12.3. The quantitative estimate of drug-likeness (QED) is 0.422. The summed E-state index contributed by atoms with van der Waals surface area (Å²) in [6, 6.07) is 0. The topological polar surface area (TPSA) is 40.5 Å². The molecule has 0 aliphatic heterocycles. The Balaban J connectivity index is 1.54. The van der Waals surface area contributed by atoms with Crippen molar-refractivity contribution in [1.82, 2.24) is 0 Å². The molecule has 4 saturated carbocycles. The molecule has 11 atom stereocenters. The van der Waals surface area contributed by atoms with E-state index in [1.807, 2.05) is 0 Å². The van der Waals surface area contributed by atoms with Gasteiger partial charge in [-0.15, -0.1) is 0 Å². The molecule has 0 aromatic rings. The molecule has 0 bridgehead atoms. The molecule has 4 aliphatic carbocycles. The number of rotatable bonds is 5. The average molecular weight is 484 g/mol. The van der Waals surface area contributed by atoms with Gasteiger partial charge in [0.2, 0.25) is 0 Å². The van der Waals surface area contributed by atoms with Gasteiger partial charge in [0.25, 0.3) is 0 Å². The zero-order valence-corrected chi connectivity index (χ0v) is 21.7. The van der Waals surface area contributed by atoms with Crippen LogP contribution in [0.4, 0.5) is 0 Å². The molecule has 0 aromatic heterocycles. The maximum Gasteiger partial charge on any atom is 0.0702 e. The summed E-state index contributed by atoms with van der Waals surface area (Å²) in [5.41, 5.74) is 0.650. The summed E-state index contributed by atoms with van der Waals surface area (Å²) in [5, 5.41) is 21.7. The van der Waals surface area contributed by atoms with Crippen molar-refractivity contribution in [3.8, 4) is 0 Å². The molecule has 0 heterocycles. The highest BCUT2D eigenvalue weighted by Gasteiger charge is 2.64. The largest absolute Gasteiger partial charge is 0.393 e.